The molecule has 0 fully saturated rings. The molecule has 0 aliphatic rings. The lowest BCUT2D eigenvalue weighted by atomic mass is 10.1. The molecule has 6 nitrogen and oxygen atoms in total. The minimum absolute atomic E-state index is 0.184. The second kappa shape index (κ2) is 7.08. The fourth-order valence-electron chi connectivity index (χ4n) is 2.06. The molecule has 0 saturated heterocycles. The average Bonchev–Trinajstić information content (AvgIpc) is 3.11. The van der Waals surface area contributed by atoms with E-state index in [4.69, 9.17) is 0 Å². The van der Waals surface area contributed by atoms with E-state index < -0.39 is 6.04 Å². The highest BCUT2D eigenvalue weighted by atomic mass is 32.1. The van der Waals surface area contributed by atoms with Crippen molar-refractivity contribution in [2.75, 3.05) is 6.61 Å². The van der Waals surface area contributed by atoms with Crippen LogP contribution in [0, 0.1) is 0 Å². The first-order valence-corrected chi connectivity index (χ1v) is 7.84. The third-order valence-corrected chi connectivity index (χ3v) is 4.07. The summed E-state index contributed by atoms with van der Waals surface area (Å²) in [6.45, 7) is -0.184. The second-order valence-corrected chi connectivity index (χ2v) is 5.61. The highest BCUT2D eigenvalue weighted by Crippen LogP contribution is 2.21. The van der Waals surface area contributed by atoms with Gasteiger partial charge in [-0.05, 0) is 5.56 Å². The van der Waals surface area contributed by atoms with Gasteiger partial charge < -0.3 is 10.4 Å². The standard InChI is InChI=1S/C16H14N4O2S/c21-9-13(11-4-2-1-3-5-11)19-15(22)14-10-23-16(20-14)12-8-17-6-7-18-12/h1-8,10,13,21H,9H2,(H,19,22)/t13-/m1/s1. The Kier molecular flexibility index (Phi) is 4.70. The third kappa shape index (κ3) is 3.58. The monoisotopic (exact) mass is 326 g/mol. The summed E-state index contributed by atoms with van der Waals surface area (Å²) in [7, 11) is 0. The highest BCUT2D eigenvalue weighted by molar-refractivity contribution is 7.13. The summed E-state index contributed by atoms with van der Waals surface area (Å²) in [5.41, 5.74) is 1.76. The lowest BCUT2D eigenvalue weighted by Gasteiger charge is -2.15. The van der Waals surface area contributed by atoms with Crippen molar-refractivity contribution in [1.29, 1.82) is 0 Å². The molecule has 23 heavy (non-hydrogen) atoms. The van der Waals surface area contributed by atoms with Crippen molar-refractivity contribution in [3.05, 3.63) is 65.6 Å². The number of amides is 1. The first-order chi connectivity index (χ1) is 11.3. The Morgan fingerprint density at radius 2 is 2.09 bits per heavy atom. The van der Waals surface area contributed by atoms with Gasteiger partial charge in [0.25, 0.3) is 5.91 Å². The zero-order valence-corrected chi connectivity index (χ0v) is 12.9. The molecule has 7 heteroatoms. The molecular formula is C16H14N4O2S. The van der Waals surface area contributed by atoms with Crippen LogP contribution in [0.1, 0.15) is 22.1 Å². The van der Waals surface area contributed by atoms with Crippen molar-refractivity contribution in [2.24, 2.45) is 0 Å². The summed E-state index contributed by atoms with van der Waals surface area (Å²) in [4.78, 5) is 24.7. The Balaban J connectivity index is 1.75. The molecule has 0 unspecified atom stereocenters. The third-order valence-electron chi connectivity index (χ3n) is 3.21. The molecule has 0 saturated carbocycles. The molecular weight excluding hydrogens is 312 g/mol. The van der Waals surface area contributed by atoms with E-state index in [9.17, 15) is 9.90 Å². The van der Waals surface area contributed by atoms with Crippen LogP contribution in [-0.2, 0) is 0 Å². The predicted molar refractivity (Wildman–Crippen MR) is 86.9 cm³/mol. The van der Waals surface area contributed by atoms with Gasteiger partial charge in [0, 0.05) is 17.8 Å². The van der Waals surface area contributed by atoms with Gasteiger partial charge in [-0.25, -0.2) is 4.98 Å². The zero-order valence-electron chi connectivity index (χ0n) is 12.1. The molecule has 2 aromatic heterocycles. The maximum Gasteiger partial charge on any atom is 0.271 e. The van der Waals surface area contributed by atoms with Crippen LogP contribution < -0.4 is 5.32 Å². The number of aromatic nitrogens is 3. The number of aliphatic hydroxyl groups is 1. The van der Waals surface area contributed by atoms with Crippen molar-refractivity contribution in [3.8, 4) is 10.7 Å². The number of rotatable bonds is 5. The van der Waals surface area contributed by atoms with Gasteiger partial charge in [0.15, 0.2) is 0 Å². The van der Waals surface area contributed by atoms with Crippen LogP contribution >= 0.6 is 11.3 Å². The first-order valence-electron chi connectivity index (χ1n) is 6.96. The number of nitrogens with one attached hydrogen (secondary N) is 1. The molecule has 3 rings (SSSR count). The van der Waals surface area contributed by atoms with E-state index in [1.54, 1.807) is 24.0 Å². The Morgan fingerprint density at radius 3 is 2.78 bits per heavy atom. The molecule has 0 aliphatic heterocycles. The Labute approximate surface area is 136 Å². The number of nitrogens with zero attached hydrogens (tertiary/aromatic N) is 3. The second-order valence-electron chi connectivity index (χ2n) is 4.75. The van der Waals surface area contributed by atoms with E-state index in [0.29, 0.717) is 16.4 Å². The lowest BCUT2D eigenvalue weighted by molar-refractivity contribution is 0.0912. The summed E-state index contributed by atoms with van der Waals surface area (Å²) in [6.07, 6.45) is 4.76. The van der Waals surface area contributed by atoms with Crippen LogP contribution in [0.25, 0.3) is 10.7 Å². The number of carbonyl (C=O) groups is 1. The van der Waals surface area contributed by atoms with Crippen LogP contribution in [0.3, 0.4) is 0 Å². The van der Waals surface area contributed by atoms with E-state index >= 15 is 0 Å². The molecule has 1 amide bonds. The molecule has 1 aromatic carbocycles. The van der Waals surface area contributed by atoms with Crippen LogP contribution in [0.4, 0.5) is 0 Å². The molecule has 0 spiro atoms. The van der Waals surface area contributed by atoms with Gasteiger partial charge in [0.05, 0.1) is 18.8 Å². The molecule has 1 atom stereocenters. The SMILES string of the molecule is O=C(N[C@H](CO)c1ccccc1)c1csc(-c2cnccn2)n1. The normalized spacial score (nSPS) is 11.9. The zero-order chi connectivity index (χ0) is 16.1. The summed E-state index contributed by atoms with van der Waals surface area (Å²) in [5.74, 6) is -0.334. The summed E-state index contributed by atoms with van der Waals surface area (Å²) in [5, 5.41) is 14.6. The summed E-state index contributed by atoms with van der Waals surface area (Å²) >= 11 is 1.32. The van der Waals surface area contributed by atoms with Crippen LogP contribution in [0.15, 0.2) is 54.3 Å². The van der Waals surface area contributed by atoms with Gasteiger partial charge in [-0.15, -0.1) is 11.3 Å². The van der Waals surface area contributed by atoms with Crippen molar-refractivity contribution in [3.63, 3.8) is 0 Å². The smallest absolute Gasteiger partial charge is 0.271 e. The first kappa shape index (κ1) is 15.3. The fourth-order valence-corrected chi connectivity index (χ4v) is 2.82. The van der Waals surface area contributed by atoms with Gasteiger partial charge in [-0.2, -0.15) is 0 Å². The quantitative estimate of drug-likeness (QED) is 0.749. The summed E-state index contributed by atoms with van der Waals surface area (Å²) < 4.78 is 0. The maximum absolute atomic E-state index is 12.3. The number of benzene rings is 1. The Bertz CT molecular complexity index is 777. The van der Waals surface area contributed by atoms with Gasteiger partial charge in [-0.3, -0.25) is 14.8 Å². The number of carbonyl (C=O) groups excluding carboxylic acids is 1. The van der Waals surface area contributed by atoms with Crippen molar-refractivity contribution >= 4 is 17.2 Å². The van der Waals surface area contributed by atoms with E-state index in [0.717, 1.165) is 5.56 Å². The van der Waals surface area contributed by atoms with Gasteiger partial charge in [-0.1, -0.05) is 30.3 Å². The molecule has 2 N–H and O–H groups in total. The number of aliphatic hydroxyl groups excluding tert-OH is 1. The number of hydrogen-bond acceptors (Lipinski definition) is 6. The Hall–Kier alpha value is -2.64. The lowest BCUT2D eigenvalue weighted by Crippen LogP contribution is -2.30. The van der Waals surface area contributed by atoms with Crippen LogP contribution in [-0.4, -0.2) is 32.6 Å². The number of hydrogen-bond donors (Lipinski definition) is 2. The van der Waals surface area contributed by atoms with E-state index in [1.165, 1.54) is 11.3 Å². The van der Waals surface area contributed by atoms with Crippen LogP contribution in [0.2, 0.25) is 0 Å². The van der Waals surface area contributed by atoms with E-state index in [-0.39, 0.29) is 12.5 Å². The van der Waals surface area contributed by atoms with Gasteiger partial charge >= 0.3 is 0 Å². The van der Waals surface area contributed by atoms with E-state index in [1.807, 2.05) is 30.3 Å². The van der Waals surface area contributed by atoms with Crippen molar-refractivity contribution in [2.45, 2.75) is 6.04 Å². The van der Waals surface area contributed by atoms with E-state index in [2.05, 4.69) is 20.3 Å². The topological polar surface area (TPSA) is 88.0 Å². The minimum atomic E-state index is -0.467. The largest absolute Gasteiger partial charge is 0.394 e. The minimum Gasteiger partial charge on any atom is -0.394 e. The molecule has 116 valence electrons. The molecule has 0 radical (unpaired) electrons. The summed E-state index contributed by atoms with van der Waals surface area (Å²) in [6, 6.07) is 8.84. The van der Waals surface area contributed by atoms with Gasteiger partial charge in [0.1, 0.15) is 16.4 Å². The molecule has 2 heterocycles. The molecule has 0 bridgehead atoms. The Morgan fingerprint density at radius 1 is 1.26 bits per heavy atom. The van der Waals surface area contributed by atoms with Crippen molar-refractivity contribution in [1.82, 2.24) is 20.3 Å². The van der Waals surface area contributed by atoms with Crippen molar-refractivity contribution < 1.29 is 9.90 Å². The molecule has 3 aromatic rings. The number of thiazole rings is 1. The van der Waals surface area contributed by atoms with Crippen LogP contribution in [0.5, 0.6) is 0 Å². The predicted octanol–water partition coefficient (Wildman–Crippen LogP) is 2.06. The fraction of sp³-hybridized carbons (Fsp3) is 0.125. The maximum atomic E-state index is 12.3. The molecule has 0 aliphatic carbocycles. The highest BCUT2D eigenvalue weighted by Gasteiger charge is 2.17. The average molecular weight is 326 g/mol. The van der Waals surface area contributed by atoms with Gasteiger partial charge in [0.2, 0.25) is 0 Å².